The van der Waals surface area contributed by atoms with Gasteiger partial charge in [-0.15, -0.1) is 0 Å². The Bertz CT molecular complexity index is 1190. The van der Waals surface area contributed by atoms with Gasteiger partial charge >= 0.3 is 5.69 Å². The molecule has 0 radical (unpaired) electrons. The summed E-state index contributed by atoms with van der Waals surface area (Å²) >= 11 is 0. The summed E-state index contributed by atoms with van der Waals surface area (Å²) in [6, 6.07) is 18.7. The number of hydrogen-bond acceptors (Lipinski definition) is 5. The lowest BCUT2D eigenvalue weighted by Gasteiger charge is -2.21. The van der Waals surface area contributed by atoms with Gasteiger partial charge in [0.2, 0.25) is 5.89 Å². The van der Waals surface area contributed by atoms with Crippen molar-refractivity contribution >= 4 is 0 Å². The first kappa shape index (κ1) is 18.6. The van der Waals surface area contributed by atoms with E-state index in [2.05, 4.69) is 44.3 Å². The molecular formula is C23H23N5O2. The lowest BCUT2D eigenvalue weighted by Crippen LogP contribution is -2.24. The zero-order valence-corrected chi connectivity index (χ0v) is 16.8. The summed E-state index contributed by atoms with van der Waals surface area (Å²) in [4.78, 5) is 21.3. The highest BCUT2D eigenvalue weighted by Crippen LogP contribution is 2.32. The predicted octanol–water partition coefficient (Wildman–Crippen LogP) is 4.07. The van der Waals surface area contributed by atoms with E-state index in [1.54, 1.807) is 0 Å². The van der Waals surface area contributed by atoms with Gasteiger partial charge in [-0.2, -0.15) is 5.10 Å². The van der Waals surface area contributed by atoms with E-state index in [1.165, 1.54) is 5.56 Å². The van der Waals surface area contributed by atoms with Crippen LogP contribution in [-0.2, 0) is 6.54 Å². The molecule has 3 heterocycles. The normalized spacial score (nSPS) is 16.9. The quantitative estimate of drug-likeness (QED) is 0.526. The van der Waals surface area contributed by atoms with E-state index in [9.17, 15) is 4.79 Å². The van der Waals surface area contributed by atoms with E-state index in [0.29, 0.717) is 18.3 Å². The second kappa shape index (κ2) is 7.76. The van der Waals surface area contributed by atoms with Crippen LogP contribution in [0.3, 0.4) is 0 Å². The van der Waals surface area contributed by atoms with Gasteiger partial charge in [0.25, 0.3) is 0 Å². The van der Waals surface area contributed by atoms with Crippen molar-refractivity contribution in [3.05, 3.63) is 82.4 Å². The molecule has 0 amide bonds. The molecule has 30 heavy (non-hydrogen) atoms. The van der Waals surface area contributed by atoms with Crippen molar-refractivity contribution in [2.45, 2.75) is 32.4 Å². The predicted molar refractivity (Wildman–Crippen MR) is 114 cm³/mol. The highest BCUT2D eigenvalue weighted by atomic mass is 16.4. The highest BCUT2D eigenvalue weighted by Gasteiger charge is 2.30. The maximum absolute atomic E-state index is 11.4. The number of aryl methyl sites for hydroxylation is 1. The van der Waals surface area contributed by atoms with E-state index < -0.39 is 0 Å². The Kier molecular flexibility index (Phi) is 4.80. The molecular weight excluding hydrogens is 378 g/mol. The SMILES string of the molecule is Cc1oc(-c2ccc(-c3ccccc3)cc2)nc1CN1CCC[C@@H]1c1n[nH]c(=O)[nH]1. The third-order valence-electron chi connectivity index (χ3n) is 5.68. The van der Waals surface area contributed by atoms with Gasteiger partial charge in [0.1, 0.15) is 11.6 Å². The Balaban J connectivity index is 1.35. The first-order chi connectivity index (χ1) is 14.7. The zero-order chi connectivity index (χ0) is 20.5. The molecule has 2 aromatic heterocycles. The molecule has 2 aromatic carbocycles. The van der Waals surface area contributed by atoms with Crippen molar-refractivity contribution < 1.29 is 4.42 Å². The van der Waals surface area contributed by atoms with Crippen LogP contribution < -0.4 is 5.69 Å². The summed E-state index contributed by atoms with van der Waals surface area (Å²) in [6.07, 6.45) is 2.02. The van der Waals surface area contributed by atoms with Gasteiger partial charge in [0, 0.05) is 12.1 Å². The van der Waals surface area contributed by atoms with Gasteiger partial charge in [-0.05, 0) is 49.6 Å². The van der Waals surface area contributed by atoms with E-state index in [-0.39, 0.29) is 11.7 Å². The van der Waals surface area contributed by atoms with Gasteiger partial charge in [0.15, 0.2) is 0 Å². The first-order valence-corrected chi connectivity index (χ1v) is 10.2. The first-order valence-electron chi connectivity index (χ1n) is 10.2. The fourth-order valence-electron chi connectivity index (χ4n) is 4.09. The third kappa shape index (κ3) is 3.59. The summed E-state index contributed by atoms with van der Waals surface area (Å²) in [5, 5.41) is 6.58. The molecule has 0 unspecified atom stereocenters. The number of H-pyrrole nitrogens is 2. The number of hydrogen-bond donors (Lipinski definition) is 2. The average molecular weight is 401 g/mol. The summed E-state index contributed by atoms with van der Waals surface area (Å²) in [6.45, 7) is 3.55. The molecule has 1 aliphatic rings. The van der Waals surface area contributed by atoms with E-state index in [1.807, 2.05) is 37.3 Å². The fraction of sp³-hybridized carbons (Fsp3) is 0.261. The topological polar surface area (TPSA) is 90.8 Å². The van der Waals surface area contributed by atoms with Crippen LogP contribution >= 0.6 is 0 Å². The monoisotopic (exact) mass is 401 g/mol. The molecule has 7 nitrogen and oxygen atoms in total. The van der Waals surface area contributed by atoms with Gasteiger partial charge in [0.05, 0.1) is 11.7 Å². The molecule has 7 heteroatoms. The molecule has 0 saturated carbocycles. The van der Waals surface area contributed by atoms with Crippen LogP contribution in [0, 0.1) is 6.92 Å². The molecule has 1 aliphatic heterocycles. The van der Waals surface area contributed by atoms with Crippen LogP contribution in [0.1, 0.15) is 36.2 Å². The summed E-state index contributed by atoms with van der Waals surface area (Å²) in [5.74, 6) is 2.14. The number of rotatable bonds is 5. The van der Waals surface area contributed by atoms with Gasteiger partial charge in [-0.25, -0.2) is 14.9 Å². The Hall–Kier alpha value is -3.45. The standard InChI is InChI=1S/C23H23N5O2/c1-15-19(14-28-13-5-8-20(28)21-25-23(29)27-26-21)24-22(30-15)18-11-9-17(10-12-18)16-6-3-2-4-7-16/h2-4,6-7,9-12,20H,5,8,13-14H2,1H3,(H2,25,26,27,29)/t20-/m1/s1. The number of oxazole rings is 1. The number of aromatic amines is 2. The average Bonchev–Trinajstić information content (AvgIpc) is 3.50. The van der Waals surface area contributed by atoms with Gasteiger partial charge in [-0.1, -0.05) is 42.5 Å². The Labute approximate surface area is 173 Å². The third-order valence-corrected chi connectivity index (χ3v) is 5.68. The maximum Gasteiger partial charge on any atom is 0.340 e. The highest BCUT2D eigenvalue weighted by molar-refractivity contribution is 5.67. The number of nitrogens with one attached hydrogen (secondary N) is 2. The minimum absolute atomic E-state index is 0.0913. The summed E-state index contributed by atoms with van der Waals surface area (Å²) < 4.78 is 5.98. The minimum atomic E-state index is -0.268. The van der Waals surface area contributed by atoms with Gasteiger partial charge < -0.3 is 4.42 Å². The van der Waals surface area contributed by atoms with E-state index >= 15 is 0 Å². The maximum atomic E-state index is 11.4. The van der Waals surface area contributed by atoms with Crippen molar-refractivity contribution in [2.75, 3.05) is 6.54 Å². The number of nitrogens with zero attached hydrogens (tertiary/aromatic N) is 3. The van der Waals surface area contributed by atoms with E-state index in [4.69, 9.17) is 9.40 Å². The van der Waals surface area contributed by atoms with Crippen molar-refractivity contribution in [1.82, 2.24) is 25.1 Å². The summed E-state index contributed by atoms with van der Waals surface area (Å²) in [7, 11) is 0. The van der Waals surface area contributed by atoms with Crippen LogP contribution in [-0.4, -0.2) is 31.6 Å². The van der Waals surface area contributed by atoms with Crippen LogP contribution in [0.2, 0.25) is 0 Å². The molecule has 0 bridgehead atoms. The van der Waals surface area contributed by atoms with Crippen molar-refractivity contribution in [3.8, 4) is 22.6 Å². The zero-order valence-electron chi connectivity index (χ0n) is 16.8. The Morgan fingerprint density at radius 2 is 1.80 bits per heavy atom. The molecule has 1 fully saturated rings. The van der Waals surface area contributed by atoms with Crippen LogP contribution in [0.4, 0.5) is 0 Å². The van der Waals surface area contributed by atoms with Crippen molar-refractivity contribution in [1.29, 1.82) is 0 Å². The van der Waals surface area contributed by atoms with E-state index in [0.717, 1.165) is 42.0 Å². The molecule has 0 aliphatic carbocycles. The smallest absolute Gasteiger partial charge is 0.340 e. The number of likely N-dealkylation sites (tertiary alicyclic amines) is 1. The second-order valence-electron chi connectivity index (χ2n) is 7.66. The lowest BCUT2D eigenvalue weighted by atomic mass is 10.0. The molecule has 0 spiro atoms. The Morgan fingerprint density at radius 3 is 2.53 bits per heavy atom. The van der Waals surface area contributed by atoms with Crippen molar-refractivity contribution in [3.63, 3.8) is 0 Å². The molecule has 4 aromatic rings. The summed E-state index contributed by atoms with van der Waals surface area (Å²) in [5.41, 5.74) is 3.96. The second-order valence-corrected chi connectivity index (χ2v) is 7.66. The molecule has 5 rings (SSSR count). The minimum Gasteiger partial charge on any atom is -0.441 e. The molecule has 2 N–H and O–H groups in total. The molecule has 152 valence electrons. The van der Waals surface area contributed by atoms with Crippen molar-refractivity contribution in [2.24, 2.45) is 0 Å². The number of aromatic nitrogens is 4. The number of benzene rings is 2. The van der Waals surface area contributed by atoms with Crippen LogP contribution in [0.25, 0.3) is 22.6 Å². The van der Waals surface area contributed by atoms with Crippen LogP contribution in [0.15, 0.2) is 63.8 Å². The lowest BCUT2D eigenvalue weighted by molar-refractivity contribution is 0.236. The Morgan fingerprint density at radius 1 is 1.07 bits per heavy atom. The largest absolute Gasteiger partial charge is 0.441 e. The molecule has 1 atom stereocenters. The van der Waals surface area contributed by atoms with Gasteiger partial charge in [-0.3, -0.25) is 9.88 Å². The molecule has 1 saturated heterocycles. The fourth-order valence-corrected chi connectivity index (χ4v) is 4.09. The van der Waals surface area contributed by atoms with Crippen LogP contribution in [0.5, 0.6) is 0 Å².